The number of nitrogens with two attached hydrogens (primary N) is 1. The van der Waals surface area contributed by atoms with Gasteiger partial charge in [0.25, 0.3) is 0 Å². The van der Waals surface area contributed by atoms with E-state index in [0.717, 1.165) is 4.57 Å². The highest BCUT2D eigenvalue weighted by molar-refractivity contribution is 5.23. The first kappa shape index (κ1) is 14.9. The van der Waals surface area contributed by atoms with Crippen LogP contribution < -0.4 is 11.4 Å². The van der Waals surface area contributed by atoms with Crippen molar-refractivity contribution >= 4 is 5.82 Å². The van der Waals surface area contributed by atoms with Gasteiger partial charge in [0.2, 0.25) is 0 Å². The molecule has 1 aromatic heterocycles. The molecule has 0 amide bonds. The Morgan fingerprint density at radius 2 is 2.35 bits per heavy atom. The third kappa shape index (κ3) is 2.30. The number of rotatable bonds is 4. The zero-order chi connectivity index (χ0) is 14.9. The largest absolute Gasteiger partial charge is 0.393 e. The zero-order valence-electron chi connectivity index (χ0n) is 11.1. The Bertz CT molecular complexity index is 538. The summed E-state index contributed by atoms with van der Waals surface area (Å²) in [5, 5.41) is 19.4. The lowest BCUT2D eigenvalue weighted by Gasteiger charge is -2.29. The van der Waals surface area contributed by atoms with Gasteiger partial charge in [0.05, 0.1) is 6.61 Å². The second kappa shape index (κ2) is 5.47. The van der Waals surface area contributed by atoms with Crippen LogP contribution in [0.1, 0.15) is 26.0 Å². The monoisotopic (exact) mass is 287 g/mol. The Hall–Kier alpha value is -1.51. The van der Waals surface area contributed by atoms with Crippen molar-refractivity contribution < 1.29 is 19.3 Å². The van der Waals surface area contributed by atoms with Gasteiger partial charge < -0.3 is 20.7 Å². The number of hydrogen-bond acceptors (Lipinski definition) is 6. The highest BCUT2D eigenvalue weighted by Crippen LogP contribution is 2.40. The van der Waals surface area contributed by atoms with Crippen molar-refractivity contribution in [3.05, 3.63) is 22.7 Å². The van der Waals surface area contributed by atoms with Crippen LogP contribution in [0.5, 0.6) is 0 Å². The van der Waals surface area contributed by atoms with Crippen LogP contribution >= 0.6 is 0 Å². The van der Waals surface area contributed by atoms with Crippen LogP contribution in [0, 0.1) is 0 Å². The van der Waals surface area contributed by atoms with Gasteiger partial charge in [0, 0.05) is 6.20 Å². The Kier molecular flexibility index (Phi) is 4.07. The maximum atomic E-state index is 14.2. The molecule has 20 heavy (non-hydrogen) atoms. The number of aliphatic hydroxyl groups is 2. The van der Waals surface area contributed by atoms with Gasteiger partial charge in [-0.25, -0.2) is 9.18 Å². The third-order valence-corrected chi connectivity index (χ3v) is 3.54. The number of aliphatic hydroxyl groups excluding tert-OH is 2. The predicted octanol–water partition coefficient (Wildman–Crippen LogP) is -0.416. The van der Waals surface area contributed by atoms with Crippen molar-refractivity contribution in [1.29, 1.82) is 0 Å². The fraction of sp³-hybridized carbons (Fsp3) is 0.667. The molecule has 1 saturated heterocycles. The molecule has 0 aliphatic carbocycles. The van der Waals surface area contributed by atoms with Gasteiger partial charge >= 0.3 is 5.69 Å². The van der Waals surface area contributed by atoms with Gasteiger partial charge in [-0.2, -0.15) is 4.98 Å². The van der Waals surface area contributed by atoms with E-state index in [1.165, 1.54) is 12.3 Å². The lowest BCUT2D eigenvalue weighted by atomic mass is 9.92. The average Bonchev–Trinajstić information content (AvgIpc) is 2.65. The highest BCUT2D eigenvalue weighted by atomic mass is 19.1. The minimum Gasteiger partial charge on any atom is -0.393 e. The summed E-state index contributed by atoms with van der Waals surface area (Å²) in [4.78, 5) is 15.2. The van der Waals surface area contributed by atoms with Crippen molar-refractivity contribution in [3.8, 4) is 0 Å². The van der Waals surface area contributed by atoms with Crippen LogP contribution in [0.2, 0.25) is 0 Å². The van der Waals surface area contributed by atoms with Crippen molar-refractivity contribution in [2.24, 2.45) is 0 Å². The van der Waals surface area contributed by atoms with E-state index in [-0.39, 0.29) is 12.2 Å². The molecule has 0 spiro atoms. The number of anilines is 1. The third-order valence-electron chi connectivity index (χ3n) is 3.54. The number of aromatic nitrogens is 2. The van der Waals surface area contributed by atoms with Gasteiger partial charge in [-0.05, 0) is 12.5 Å². The highest BCUT2D eigenvalue weighted by Gasteiger charge is 2.55. The predicted molar refractivity (Wildman–Crippen MR) is 68.7 cm³/mol. The van der Waals surface area contributed by atoms with E-state index in [1.807, 2.05) is 6.92 Å². The lowest BCUT2D eigenvalue weighted by molar-refractivity contribution is -0.133. The summed E-state index contributed by atoms with van der Waals surface area (Å²) in [6.45, 7) is 1.29. The standard InChI is InChI=1S/C12H18FN3O4/c1-2-4-12(6-17)9(18)8(13)10(20-12)16-5-3-7(14)15-11(16)19/h3,5,8-10,17-18H,2,4,6H2,1H3,(H2,14,15,19)/t8-,9+,10-,12-/m1/s1. The van der Waals surface area contributed by atoms with Crippen LogP contribution in [-0.2, 0) is 4.74 Å². The molecule has 8 heteroatoms. The summed E-state index contributed by atoms with van der Waals surface area (Å²) in [5.41, 5.74) is 3.20. The molecule has 1 aliphatic heterocycles. The van der Waals surface area contributed by atoms with Crippen molar-refractivity contribution in [3.63, 3.8) is 0 Å². The SMILES string of the molecule is CCC[C@]1(CO)O[C@@H](n2ccc(N)nc2=O)[C@H](F)[C@@H]1O. The van der Waals surface area contributed by atoms with Crippen LogP contribution in [0.3, 0.4) is 0 Å². The Labute approximate surface area is 114 Å². The molecule has 0 unspecified atom stereocenters. The summed E-state index contributed by atoms with van der Waals surface area (Å²) in [5.74, 6) is 0.0159. The normalized spacial score (nSPS) is 33.5. The van der Waals surface area contributed by atoms with Gasteiger partial charge in [0.15, 0.2) is 12.4 Å². The number of ether oxygens (including phenoxy) is 1. The van der Waals surface area contributed by atoms with E-state index in [4.69, 9.17) is 10.5 Å². The summed E-state index contributed by atoms with van der Waals surface area (Å²) < 4.78 is 20.7. The Morgan fingerprint density at radius 1 is 1.65 bits per heavy atom. The second-order valence-corrected chi connectivity index (χ2v) is 4.91. The molecule has 0 saturated carbocycles. The molecule has 0 radical (unpaired) electrons. The molecule has 1 aromatic rings. The number of nitrogen functional groups attached to an aromatic ring is 1. The second-order valence-electron chi connectivity index (χ2n) is 4.91. The molecular weight excluding hydrogens is 269 g/mol. The maximum absolute atomic E-state index is 14.2. The Balaban J connectivity index is 2.37. The maximum Gasteiger partial charge on any atom is 0.351 e. The van der Waals surface area contributed by atoms with Crippen LogP contribution in [0.4, 0.5) is 10.2 Å². The topological polar surface area (TPSA) is 111 Å². The summed E-state index contributed by atoms with van der Waals surface area (Å²) >= 11 is 0. The lowest BCUT2D eigenvalue weighted by Crippen LogP contribution is -2.45. The zero-order valence-corrected chi connectivity index (χ0v) is 11.1. The molecule has 0 bridgehead atoms. The molecule has 4 N–H and O–H groups in total. The molecule has 0 aromatic carbocycles. The quantitative estimate of drug-likeness (QED) is 0.694. The van der Waals surface area contributed by atoms with E-state index in [0.29, 0.717) is 6.42 Å². The van der Waals surface area contributed by atoms with Gasteiger partial charge in [-0.3, -0.25) is 4.57 Å². The summed E-state index contributed by atoms with van der Waals surface area (Å²) in [7, 11) is 0. The smallest absolute Gasteiger partial charge is 0.351 e. The minimum absolute atomic E-state index is 0.0159. The number of hydrogen-bond donors (Lipinski definition) is 3. The molecule has 1 aliphatic rings. The van der Waals surface area contributed by atoms with Crippen molar-refractivity contribution in [2.75, 3.05) is 12.3 Å². The minimum atomic E-state index is -1.84. The molecule has 2 rings (SSSR count). The van der Waals surface area contributed by atoms with Crippen LogP contribution in [0.15, 0.2) is 17.1 Å². The average molecular weight is 287 g/mol. The van der Waals surface area contributed by atoms with Crippen molar-refractivity contribution in [1.82, 2.24) is 9.55 Å². The summed E-state index contributed by atoms with van der Waals surface area (Å²) in [6, 6.07) is 1.34. The van der Waals surface area contributed by atoms with E-state index < -0.39 is 36.4 Å². The fourth-order valence-corrected chi connectivity index (χ4v) is 2.49. The molecule has 7 nitrogen and oxygen atoms in total. The van der Waals surface area contributed by atoms with Crippen molar-refractivity contribution in [2.45, 2.75) is 43.9 Å². The Morgan fingerprint density at radius 3 is 2.90 bits per heavy atom. The van der Waals surface area contributed by atoms with Gasteiger partial charge in [-0.1, -0.05) is 13.3 Å². The van der Waals surface area contributed by atoms with Gasteiger partial charge in [0.1, 0.15) is 17.5 Å². The number of nitrogens with zero attached hydrogens (tertiary/aromatic N) is 2. The number of halogens is 1. The van der Waals surface area contributed by atoms with Crippen LogP contribution in [-0.4, -0.2) is 44.2 Å². The van der Waals surface area contributed by atoms with Gasteiger partial charge in [-0.15, -0.1) is 0 Å². The van der Waals surface area contributed by atoms with E-state index in [2.05, 4.69) is 4.98 Å². The van der Waals surface area contributed by atoms with E-state index in [1.54, 1.807) is 0 Å². The summed E-state index contributed by atoms with van der Waals surface area (Å²) in [6.07, 6.45) is -2.55. The first-order valence-corrected chi connectivity index (χ1v) is 6.40. The van der Waals surface area contributed by atoms with E-state index >= 15 is 0 Å². The first-order chi connectivity index (χ1) is 9.45. The fourth-order valence-electron chi connectivity index (χ4n) is 2.49. The molecule has 1 fully saturated rings. The van der Waals surface area contributed by atoms with E-state index in [9.17, 15) is 19.4 Å². The molecule has 2 heterocycles. The molecule has 112 valence electrons. The van der Waals surface area contributed by atoms with Crippen LogP contribution in [0.25, 0.3) is 0 Å². The molecule has 4 atom stereocenters. The number of alkyl halides is 1. The molecular formula is C12H18FN3O4. The first-order valence-electron chi connectivity index (χ1n) is 6.40.